The van der Waals surface area contributed by atoms with Crippen molar-refractivity contribution in [2.75, 3.05) is 13.2 Å². The minimum absolute atomic E-state index is 0.142. The average Bonchev–Trinajstić information content (AvgIpc) is 2.10. The molecule has 1 fully saturated rings. The van der Waals surface area contributed by atoms with Crippen molar-refractivity contribution in [3.63, 3.8) is 0 Å². The van der Waals surface area contributed by atoms with E-state index in [1.165, 1.54) is 0 Å². The molecule has 2 N–H and O–H groups in total. The second-order valence-electron chi connectivity index (χ2n) is 2.83. The van der Waals surface area contributed by atoms with E-state index in [0.29, 0.717) is 6.61 Å². The quantitative estimate of drug-likeness (QED) is 0.455. The number of aliphatic hydroxyl groups is 2. The first-order valence-corrected chi connectivity index (χ1v) is 3.65. The summed E-state index contributed by atoms with van der Waals surface area (Å²) in [4.78, 5) is 0. The summed E-state index contributed by atoms with van der Waals surface area (Å²) in [7, 11) is 0. The number of hydrogen-bond donors (Lipinski definition) is 3. The first-order chi connectivity index (χ1) is 4.58. The lowest BCUT2D eigenvalue weighted by Gasteiger charge is -2.20. The van der Waals surface area contributed by atoms with Gasteiger partial charge in [0.15, 0.2) is 0 Å². The van der Waals surface area contributed by atoms with Crippen molar-refractivity contribution in [1.82, 2.24) is 0 Å². The standard InChI is InChI=1S/C6H12O3S/c1-6(10)3-9-4(2-7)5(6)8/h4-5,7-8,10H,2-3H2,1H3. The first kappa shape index (κ1) is 8.33. The van der Waals surface area contributed by atoms with E-state index >= 15 is 0 Å². The number of thiol groups is 1. The van der Waals surface area contributed by atoms with Crippen molar-refractivity contribution in [2.45, 2.75) is 23.9 Å². The summed E-state index contributed by atoms with van der Waals surface area (Å²) in [5, 5.41) is 18.0. The van der Waals surface area contributed by atoms with E-state index in [-0.39, 0.29) is 6.61 Å². The molecule has 1 aliphatic rings. The van der Waals surface area contributed by atoms with Crippen molar-refractivity contribution < 1.29 is 14.9 Å². The van der Waals surface area contributed by atoms with E-state index in [1.54, 1.807) is 6.92 Å². The van der Waals surface area contributed by atoms with Crippen LogP contribution in [0.4, 0.5) is 0 Å². The molecule has 1 heterocycles. The number of rotatable bonds is 1. The van der Waals surface area contributed by atoms with Crippen LogP contribution in [0.25, 0.3) is 0 Å². The van der Waals surface area contributed by atoms with Gasteiger partial charge >= 0.3 is 0 Å². The smallest absolute Gasteiger partial charge is 0.108 e. The van der Waals surface area contributed by atoms with Crippen LogP contribution < -0.4 is 0 Å². The highest BCUT2D eigenvalue weighted by Gasteiger charge is 2.42. The molecule has 3 atom stereocenters. The van der Waals surface area contributed by atoms with Crippen molar-refractivity contribution in [3.05, 3.63) is 0 Å². The Bertz CT molecular complexity index is 126. The van der Waals surface area contributed by atoms with Gasteiger partial charge in [-0.05, 0) is 6.92 Å². The van der Waals surface area contributed by atoms with Crippen LogP contribution in [0.15, 0.2) is 0 Å². The fraction of sp³-hybridized carbons (Fsp3) is 1.00. The van der Waals surface area contributed by atoms with Crippen LogP contribution >= 0.6 is 12.6 Å². The van der Waals surface area contributed by atoms with Gasteiger partial charge in [-0.25, -0.2) is 0 Å². The Kier molecular flexibility index (Phi) is 2.24. The second-order valence-corrected chi connectivity index (χ2v) is 3.86. The molecule has 0 aliphatic carbocycles. The van der Waals surface area contributed by atoms with Crippen LogP contribution in [-0.4, -0.2) is 40.4 Å². The van der Waals surface area contributed by atoms with Gasteiger partial charge in [-0.2, -0.15) is 12.6 Å². The Morgan fingerprint density at radius 3 is 2.60 bits per heavy atom. The zero-order valence-electron chi connectivity index (χ0n) is 5.82. The topological polar surface area (TPSA) is 49.7 Å². The fourth-order valence-corrected chi connectivity index (χ4v) is 1.25. The molecule has 10 heavy (non-hydrogen) atoms. The van der Waals surface area contributed by atoms with Gasteiger partial charge in [-0.1, -0.05) is 0 Å². The van der Waals surface area contributed by atoms with E-state index in [9.17, 15) is 5.11 Å². The van der Waals surface area contributed by atoms with E-state index in [1.807, 2.05) is 0 Å². The van der Waals surface area contributed by atoms with Gasteiger partial charge in [0.25, 0.3) is 0 Å². The minimum Gasteiger partial charge on any atom is -0.394 e. The maximum Gasteiger partial charge on any atom is 0.108 e. The van der Waals surface area contributed by atoms with Crippen LogP contribution in [0.3, 0.4) is 0 Å². The maximum absolute atomic E-state index is 9.36. The van der Waals surface area contributed by atoms with Gasteiger partial charge < -0.3 is 14.9 Å². The van der Waals surface area contributed by atoms with Crippen LogP contribution in [0.5, 0.6) is 0 Å². The molecule has 1 saturated heterocycles. The van der Waals surface area contributed by atoms with Gasteiger partial charge in [0, 0.05) is 0 Å². The zero-order chi connectivity index (χ0) is 7.78. The van der Waals surface area contributed by atoms with Crippen LogP contribution in [0, 0.1) is 0 Å². The molecule has 4 heteroatoms. The molecule has 3 unspecified atom stereocenters. The highest BCUT2D eigenvalue weighted by atomic mass is 32.1. The zero-order valence-corrected chi connectivity index (χ0v) is 6.71. The van der Waals surface area contributed by atoms with Crippen LogP contribution in [0.2, 0.25) is 0 Å². The lowest BCUT2D eigenvalue weighted by atomic mass is 10.0. The van der Waals surface area contributed by atoms with E-state index in [0.717, 1.165) is 0 Å². The van der Waals surface area contributed by atoms with E-state index in [4.69, 9.17) is 9.84 Å². The highest BCUT2D eigenvalue weighted by Crippen LogP contribution is 2.29. The molecular weight excluding hydrogens is 152 g/mol. The summed E-state index contributed by atoms with van der Waals surface area (Å²) < 4.78 is 4.55. The van der Waals surface area contributed by atoms with Gasteiger partial charge in [0.2, 0.25) is 0 Å². The third kappa shape index (κ3) is 1.29. The SMILES string of the molecule is CC1(S)COC(CO)C1O. The molecule has 0 radical (unpaired) electrons. The Morgan fingerprint density at radius 1 is 1.80 bits per heavy atom. The van der Waals surface area contributed by atoms with Gasteiger partial charge in [-0.3, -0.25) is 0 Å². The Labute approximate surface area is 65.4 Å². The maximum atomic E-state index is 9.36. The van der Waals surface area contributed by atoms with Crippen molar-refractivity contribution in [2.24, 2.45) is 0 Å². The Hall–Kier alpha value is 0.230. The molecule has 0 saturated carbocycles. The van der Waals surface area contributed by atoms with Crippen LogP contribution in [0.1, 0.15) is 6.92 Å². The first-order valence-electron chi connectivity index (χ1n) is 3.21. The number of hydrogen-bond acceptors (Lipinski definition) is 4. The highest BCUT2D eigenvalue weighted by molar-refractivity contribution is 7.81. The molecule has 0 amide bonds. The average molecular weight is 164 g/mol. The normalized spacial score (nSPS) is 48.0. The largest absolute Gasteiger partial charge is 0.394 e. The van der Waals surface area contributed by atoms with E-state index < -0.39 is 17.0 Å². The van der Waals surface area contributed by atoms with Gasteiger partial charge in [-0.15, -0.1) is 0 Å². The van der Waals surface area contributed by atoms with E-state index in [2.05, 4.69) is 12.6 Å². The predicted molar refractivity (Wildman–Crippen MR) is 40.2 cm³/mol. The Balaban J connectivity index is 2.58. The summed E-state index contributed by atoms with van der Waals surface area (Å²) in [5.74, 6) is 0. The third-order valence-electron chi connectivity index (χ3n) is 1.76. The third-order valence-corrected chi connectivity index (χ3v) is 2.15. The van der Waals surface area contributed by atoms with Crippen molar-refractivity contribution in [1.29, 1.82) is 0 Å². The van der Waals surface area contributed by atoms with Crippen LogP contribution in [-0.2, 0) is 4.74 Å². The molecule has 0 bridgehead atoms. The molecule has 1 aliphatic heterocycles. The molecule has 1 rings (SSSR count). The molecule has 3 nitrogen and oxygen atoms in total. The van der Waals surface area contributed by atoms with Crippen molar-refractivity contribution in [3.8, 4) is 0 Å². The monoisotopic (exact) mass is 164 g/mol. The summed E-state index contributed by atoms with van der Waals surface area (Å²) in [6.07, 6.45) is -1.12. The molecule has 60 valence electrons. The van der Waals surface area contributed by atoms with Crippen molar-refractivity contribution >= 4 is 12.6 Å². The molecular formula is C6H12O3S. The molecule has 0 aromatic carbocycles. The Morgan fingerprint density at radius 2 is 2.40 bits per heavy atom. The summed E-state index contributed by atoms with van der Waals surface area (Å²) >= 11 is 4.17. The lowest BCUT2D eigenvalue weighted by Crippen LogP contribution is -2.37. The summed E-state index contributed by atoms with van der Waals surface area (Å²) in [6.45, 7) is 2.04. The second kappa shape index (κ2) is 2.70. The van der Waals surface area contributed by atoms with Gasteiger partial charge in [0.1, 0.15) is 6.10 Å². The lowest BCUT2D eigenvalue weighted by molar-refractivity contribution is 0.00298. The summed E-state index contributed by atoms with van der Waals surface area (Å²) in [5.41, 5.74) is 0. The molecule has 0 spiro atoms. The predicted octanol–water partition coefficient (Wildman–Crippen LogP) is -0.573. The van der Waals surface area contributed by atoms with Gasteiger partial charge in [0.05, 0.1) is 24.1 Å². The molecule has 0 aromatic heterocycles. The number of ether oxygens (including phenoxy) is 1. The summed E-state index contributed by atoms with van der Waals surface area (Å²) in [6, 6.07) is 0. The minimum atomic E-state index is -0.666. The molecule has 0 aromatic rings. The fourth-order valence-electron chi connectivity index (χ4n) is 1.01. The number of aliphatic hydroxyl groups excluding tert-OH is 2.